The highest BCUT2D eigenvalue weighted by atomic mass is 35.5. The number of carbonyl (C=O) groups is 2. The Kier molecular flexibility index (Phi) is 3.11. The van der Waals surface area contributed by atoms with E-state index in [1.54, 1.807) is 0 Å². The van der Waals surface area contributed by atoms with Crippen molar-refractivity contribution >= 4 is 29.3 Å². The molecular formula is C8H8ClN3O3. The number of halogens is 1. The molecule has 0 saturated heterocycles. The van der Waals surface area contributed by atoms with Crippen LogP contribution in [0.15, 0.2) is 11.6 Å². The van der Waals surface area contributed by atoms with E-state index in [0.717, 1.165) is 0 Å². The summed E-state index contributed by atoms with van der Waals surface area (Å²) in [5, 5.41) is 16.7. The monoisotopic (exact) mass is 229 g/mol. The molecule has 6 nitrogen and oxygen atoms in total. The van der Waals surface area contributed by atoms with Crippen LogP contribution in [-0.2, 0) is 4.79 Å². The van der Waals surface area contributed by atoms with Crippen LogP contribution >= 0.6 is 11.6 Å². The maximum absolute atomic E-state index is 11.1. The van der Waals surface area contributed by atoms with Gasteiger partial charge in [0.1, 0.15) is 5.69 Å². The Hall–Kier alpha value is -1.82. The van der Waals surface area contributed by atoms with Crippen molar-refractivity contribution in [2.75, 3.05) is 5.32 Å². The van der Waals surface area contributed by atoms with Gasteiger partial charge >= 0.3 is 5.97 Å². The Morgan fingerprint density at radius 2 is 2.20 bits per heavy atom. The van der Waals surface area contributed by atoms with Crippen LogP contribution in [0, 0.1) is 6.92 Å². The fourth-order valence-corrected chi connectivity index (χ4v) is 0.950. The minimum atomic E-state index is -1.15. The van der Waals surface area contributed by atoms with E-state index in [1.165, 1.54) is 6.92 Å². The molecule has 3 N–H and O–H groups in total. The van der Waals surface area contributed by atoms with Crippen LogP contribution in [0.25, 0.3) is 0 Å². The lowest BCUT2D eigenvalue weighted by Crippen LogP contribution is -2.12. The second kappa shape index (κ2) is 4.14. The average Bonchev–Trinajstić information content (AvgIpc) is 2.48. The van der Waals surface area contributed by atoms with Crippen LogP contribution in [0.3, 0.4) is 0 Å². The van der Waals surface area contributed by atoms with Gasteiger partial charge in [0.25, 0.3) is 5.91 Å². The first-order valence-electron chi connectivity index (χ1n) is 3.87. The molecule has 0 spiro atoms. The molecule has 0 fully saturated rings. The van der Waals surface area contributed by atoms with Crippen molar-refractivity contribution in [3.8, 4) is 0 Å². The molecule has 1 aromatic rings. The van der Waals surface area contributed by atoms with Crippen molar-refractivity contribution < 1.29 is 14.7 Å². The number of H-pyrrole nitrogens is 1. The third-order valence-corrected chi connectivity index (χ3v) is 1.87. The Balaban J connectivity index is 2.93. The molecule has 1 heterocycles. The topological polar surface area (TPSA) is 95.1 Å². The molecule has 1 amide bonds. The molecular weight excluding hydrogens is 222 g/mol. The molecule has 80 valence electrons. The fraction of sp³-hybridized carbons (Fsp3) is 0.125. The number of carboxylic acid groups (broad SMARTS) is 1. The summed E-state index contributed by atoms with van der Waals surface area (Å²) in [5.74, 6) is -1.65. The number of amides is 1. The van der Waals surface area contributed by atoms with Gasteiger partial charge in [-0.05, 0) is 6.92 Å². The summed E-state index contributed by atoms with van der Waals surface area (Å²) < 4.78 is 0. The number of hydrogen-bond donors (Lipinski definition) is 3. The number of nitrogens with zero attached hydrogens (tertiary/aromatic N) is 1. The molecule has 0 aromatic carbocycles. The summed E-state index contributed by atoms with van der Waals surface area (Å²) in [7, 11) is 0. The largest absolute Gasteiger partial charge is 0.477 e. The van der Waals surface area contributed by atoms with Crippen LogP contribution in [0.1, 0.15) is 16.1 Å². The molecule has 1 rings (SSSR count). The smallest absolute Gasteiger partial charge is 0.354 e. The van der Waals surface area contributed by atoms with Crippen molar-refractivity contribution in [2.45, 2.75) is 6.92 Å². The normalized spacial score (nSPS) is 9.73. The first-order chi connectivity index (χ1) is 6.93. The van der Waals surface area contributed by atoms with Crippen molar-refractivity contribution in [1.29, 1.82) is 0 Å². The third-order valence-electron chi connectivity index (χ3n) is 1.70. The van der Waals surface area contributed by atoms with Gasteiger partial charge in [0.15, 0.2) is 5.82 Å². The van der Waals surface area contributed by atoms with E-state index in [0.29, 0.717) is 5.56 Å². The minimum Gasteiger partial charge on any atom is -0.477 e. The van der Waals surface area contributed by atoms with Gasteiger partial charge in [-0.1, -0.05) is 18.2 Å². The van der Waals surface area contributed by atoms with Crippen LogP contribution in [0.5, 0.6) is 0 Å². The standard InChI is InChI=1S/C8H8ClN3O3/c1-3-5(8(14)15)11-12-6(3)10-7(13)4(2)9/h2H2,1H3,(H,14,15)(H2,10,11,12,13). The van der Waals surface area contributed by atoms with Crippen molar-refractivity contribution in [3.05, 3.63) is 22.9 Å². The molecule has 0 bridgehead atoms. The molecule has 0 saturated carbocycles. The van der Waals surface area contributed by atoms with Crippen LogP contribution < -0.4 is 5.32 Å². The van der Waals surface area contributed by atoms with E-state index in [9.17, 15) is 9.59 Å². The van der Waals surface area contributed by atoms with Crippen LogP contribution in [-0.4, -0.2) is 27.2 Å². The third kappa shape index (κ3) is 2.35. The van der Waals surface area contributed by atoms with E-state index in [2.05, 4.69) is 22.1 Å². The number of nitrogens with one attached hydrogen (secondary N) is 2. The number of anilines is 1. The van der Waals surface area contributed by atoms with Gasteiger partial charge in [-0.25, -0.2) is 4.79 Å². The molecule has 1 aromatic heterocycles. The van der Waals surface area contributed by atoms with Crippen molar-refractivity contribution in [2.24, 2.45) is 0 Å². The zero-order valence-corrected chi connectivity index (χ0v) is 8.55. The highest BCUT2D eigenvalue weighted by molar-refractivity contribution is 6.43. The summed E-state index contributed by atoms with van der Waals surface area (Å²) in [4.78, 5) is 21.7. The molecule has 0 atom stereocenters. The maximum Gasteiger partial charge on any atom is 0.354 e. The SMILES string of the molecule is C=C(Cl)C(=O)Nc1n[nH]c(C(=O)O)c1C. The fourth-order valence-electron chi connectivity index (χ4n) is 0.903. The van der Waals surface area contributed by atoms with Gasteiger partial charge < -0.3 is 10.4 Å². The van der Waals surface area contributed by atoms with Crippen LogP contribution in [0.4, 0.5) is 5.82 Å². The highest BCUT2D eigenvalue weighted by Gasteiger charge is 2.16. The molecule has 0 aliphatic rings. The van der Waals surface area contributed by atoms with E-state index in [1.807, 2.05) is 0 Å². The van der Waals surface area contributed by atoms with E-state index < -0.39 is 11.9 Å². The summed E-state index contributed by atoms with van der Waals surface area (Å²) >= 11 is 5.34. The Bertz CT molecular complexity index is 438. The number of aromatic nitrogens is 2. The maximum atomic E-state index is 11.1. The van der Waals surface area contributed by atoms with Crippen molar-refractivity contribution in [3.63, 3.8) is 0 Å². The second-order valence-electron chi connectivity index (χ2n) is 2.74. The number of carbonyl (C=O) groups excluding carboxylic acids is 1. The predicted molar refractivity (Wildman–Crippen MR) is 53.9 cm³/mol. The zero-order valence-electron chi connectivity index (χ0n) is 7.80. The number of aromatic carboxylic acids is 1. The van der Waals surface area contributed by atoms with Gasteiger partial charge in [0.2, 0.25) is 0 Å². The first-order valence-corrected chi connectivity index (χ1v) is 4.25. The molecule has 0 aliphatic heterocycles. The molecule has 0 aliphatic carbocycles. The predicted octanol–water partition coefficient (Wildman–Crippen LogP) is 1.11. The summed E-state index contributed by atoms with van der Waals surface area (Å²) in [6.07, 6.45) is 0. The molecule has 7 heteroatoms. The first kappa shape index (κ1) is 11.3. The summed E-state index contributed by atoms with van der Waals surface area (Å²) in [5.41, 5.74) is 0.249. The number of rotatable bonds is 3. The Morgan fingerprint density at radius 3 is 2.60 bits per heavy atom. The number of aromatic amines is 1. The van der Waals surface area contributed by atoms with Gasteiger partial charge in [0.05, 0.1) is 5.03 Å². The van der Waals surface area contributed by atoms with Crippen molar-refractivity contribution in [1.82, 2.24) is 10.2 Å². The van der Waals surface area contributed by atoms with Gasteiger partial charge in [-0.15, -0.1) is 0 Å². The lowest BCUT2D eigenvalue weighted by atomic mass is 10.2. The van der Waals surface area contributed by atoms with Crippen LogP contribution in [0.2, 0.25) is 0 Å². The summed E-state index contributed by atoms with van der Waals surface area (Å²) in [6, 6.07) is 0. The second-order valence-corrected chi connectivity index (χ2v) is 3.19. The molecule has 15 heavy (non-hydrogen) atoms. The highest BCUT2D eigenvalue weighted by Crippen LogP contribution is 2.15. The molecule has 0 radical (unpaired) electrons. The number of hydrogen-bond acceptors (Lipinski definition) is 3. The lowest BCUT2D eigenvalue weighted by Gasteiger charge is -1.99. The Morgan fingerprint density at radius 1 is 1.60 bits per heavy atom. The lowest BCUT2D eigenvalue weighted by molar-refractivity contribution is -0.112. The zero-order chi connectivity index (χ0) is 11.6. The van der Waals surface area contributed by atoms with E-state index >= 15 is 0 Å². The summed E-state index contributed by atoms with van der Waals surface area (Å²) in [6.45, 7) is 4.74. The van der Waals surface area contributed by atoms with E-state index in [-0.39, 0.29) is 16.5 Å². The average molecular weight is 230 g/mol. The van der Waals surface area contributed by atoms with E-state index in [4.69, 9.17) is 16.7 Å². The van der Waals surface area contributed by atoms with Gasteiger partial charge in [0, 0.05) is 5.56 Å². The van der Waals surface area contributed by atoms with Gasteiger partial charge in [-0.2, -0.15) is 5.10 Å². The van der Waals surface area contributed by atoms with Gasteiger partial charge in [-0.3, -0.25) is 9.89 Å². The number of carboxylic acids is 1. The minimum absolute atomic E-state index is 0.0783. The Labute approximate surface area is 89.9 Å². The molecule has 0 unspecified atom stereocenters. The quantitative estimate of drug-likeness (QED) is 0.677.